The standard InChI is InChI=1S/C21H28N2OS/c1-3-19-16(2)12-20(25-19)21(24)22-13-18-10-7-11-23(15-18)14-17-8-5-4-6-9-17/h4-6,8-9,12,18H,3,7,10-11,13-15H2,1-2H3,(H,22,24)/t18-/m0/s1. The van der Waals surface area contributed by atoms with Gasteiger partial charge < -0.3 is 5.32 Å². The third-order valence-corrected chi connectivity index (χ3v) is 6.35. The van der Waals surface area contributed by atoms with E-state index in [1.165, 1.54) is 28.8 Å². The van der Waals surface area contributed by atoms with Gasteiger partial charge in [-0.1, -0.05) is 37.3 Å². The minimum atomic E-state index is 0.0907. The van der Waals surface area contributed by atoms with Crippen molar-refractivity contribution >= 4 is 17.2 Å². The van der Waals surface area contributed by atoms with E-state index in [-0.39, 0.29) is 5.91 Å². The van der Waals surface area contributed by atoms with Crippen molar-refractivity contribution in [2.24, 2.45) is 5.92 Å². The van der Waals surface area contributed by atoms with E-state index < -0.39 is 0 Å². The maximum absolute atomic E-state index is 12.4. The van der Waals surface area contributed by atoms with E-state index in [9.17, 15) is 4.79 Å². The van der Waals surface area contributed by atoms with Gasteiger partial charge >= 0.3 is 0 Å². The number of thiophene rings is 1. The Morgan fingerprint density at radius 1 is 1.32 bits per heavy atom. The van der Waals surface area contributed by atoms with E-state index in [0.29, 0.717) is 5.92 Å². The topological polar surface area (TPSA) is 32.3 Å². The Morgan fingerprint density at radius 3 is 2.84 bits per heavy atom. The second kappa shape index (κ2) is 8.63. The number of carbonyl (C=O) groups excluding carboxylic acids is 1. The summed E-state index contributed by atoms with van der Waals surface area (Å²) in [6.07, 6.45) is 3.42. The molecule has 1 saturated heterocycles. The molecule has 0 saturated carbocycles. The fourth-order valence-corrected chi connectivity index (χ4v) is 4.64. The molecule has 0 unspecified atom stereocenters. The minimum Gasteiger partial charge on any atom is -0.351 e. The van der Waals surface area contributed by atoms with E-state index in [0.717, 1.165) is 37.5 Å². The van der Waals surface area contributed by atoms with Gasteiger partial charge in [-0.25, -0.2) is 0 Å². The van der Waals surface area contributed by atoms with Gasteiger partial charge in [-0.15, -0.1) is 11.3 Å². The van der Waals surface area contributed by atoms with Crippen LogP contribution in [-0.4, -0.2) is 30.4 Å². The molecule has 3 nitrogen and oxygen atoms in total. The Labute approximate surface area is 155 Å². The van der Waals surface area contributed by atoms with Crippen molar-refractivity contribution in [2.45, 2.75) is 39.7 Å². The van der Waals surface area contributed by atoms with Gasteiger partial charge in [0.2, 0.25) is 0 Å². The lowest BCUT2D eigenvalue weighted by molar-refractivity contribution is 0.0934. The van der Waals surface area contributed by atoms with Gasteiger partial charge in [-0.3, -0.25) is 9.69 Å². The molecule has 0 bridgehead atoms. The molecule has 0 radical (unpaired) electrons. The molecule has 0 aliphatic carbocycles. The molecular formula is C21H28N2OS. The first-order chi connectivity index (χ1) is 12.2. The lowest BCUT2D eigenvalue weighted by atomic mass is 9.97. The molecule has 0 spiro atoms. The summed E-state index contributed by atoms with van der Waals surface area (Å²) in [7, 11) is 0. The number of piperidine rings is 1. The number of nitrogens with zero attached hydrogens (tertiary/aromatic N) is 1. The molecule has 1 aromatic carbocycles. The fraction of sp³-hybridized carbons (Fsp3) is 0.476. The average molecular weight is 357 g/mol. The molecule has 1 fully saturated rings. The number of hydrogen-bond donors (Lipinski definition) is 1. The van der Waals surface area contributed by atoms with Crippen LogP contribution in [0.25, 0.3) is 0 Å². The van der Waals surface area contributed by atoms with Crippen molar-refractivity contribution in [3.63, 3.8) is 0 Å². The Kier molecular flexibility index (Phi) is 6.27. The Morgan fingerprint density at radius 2 is 2.12 bits per heavy atom. The zero-order valence-corrected chi connectivity index (χ0v) is 16.1. The number of rotatable bonds is 6. The van der Waals surface area contributed by atoms with E-state index in [2.05, 4.69) is 54.4 Å². The third-order valence-electron chi connectivity index (χ3n) is 4.97. The van der Waals surface area contributed by atoms with Gasteiger partial charge in [-0.2, -0.15) is 0 Å². The van der Waals surface area contributed by atoms with Crippen molar-refractivity contribution in [3.05, 3.63) is 57.3 Å². The lowest BCUT2D eigenvalue weighted by Gasteiger charge is -2.32. The van der Waals surface area contributed by atoms with Crippen molar-refractivity contribution in [3.8, 4) is 0 Å². The maximum atomic E-state index is 12.4. The number of carbonyl (C=O) groups is 1. The molecule has 25 heavy (non-hydrogen) atoms. The SMILES string of the molecule is CCc1sc(C(=O)NC[C@@H]2CCCN(Cc3ccccc3)C2)cc1C. The number of likely N-dealkylation sites (tertiary alicyclic amines) is 1. The van der Waals surface area contributed by atoms with Gasteiger partial charge in [0, 0.05) is 24.5 Å². The zero-order chi connectivity index (χ0) is 17.6. The molecule has 1 aliphatic heterocycles. The molecule has 1 N–H and O–H groups in total. The molecule has 2 heterocycles. The van der Waals surface area contributed by atoms with Crippen LogP contribution in [0.15, 0.2) is 36.4 Å². The summed E-state index contributed by atoms with van der Waals surface area (Å²) in [5.74, 6) is 0.640. The first-order valence-corrected chi connectivity index (χ1v) is 10.1. The predicted molar refractivity (Wildman–Crippen MR) is 105 cm³/mol. The molecule has 2 aromatic rings. The molecule has 1 aromatic heterocycles. The van der Waals surface area contributed by atoms with Crippen LogP contribution in [0.2, 0.25) is 0 Å². The summed E-state index contributed by atoms with van der Waals surface area (Å²) in [5, 5.41) is 3.16. The normalized spacial score (nSPS) is 18.2. The van der Waals surface area contributed by atoms with Crippen molar-refractivity contribution in [1.29, 1.82) is 0 Å². The van der Waals surface area contributed by atoms with E-state index >= 15 is 0 Å². The van der Waals surface area contributed by atoms with Crippen LogP contribution in [-0.2, 0) is 13.0 Å². The van der Waals surface area contributed by atoms with Crippen LogP contribution in [0.5, 0.6) is 0 Å². The summed E-state index contributed by atoms with van der Waals surface area (Å²) >= 11 is 1.63. The minimum absolute atomic E-state index is 0.0907. The summed E-state index contributed by atoms with van der Waals surface area (Å²) in [4.78, 5) is 17.1. The van der Waals surface area contributed by atoms with Gasteiger partial charge in [-0.05, 0) is 55.8 Å². The van der Waals surface area contributed by atoms with E-state index in [1.807, 2.05) is 6.07 Å². The maximum Gasteiger partial charge on any atom is 0.261 e. The summed E-state index contributed by atoms with van der Waals surface area (Å²) in [6.45, 7) is 8.25. The van der Waals surface area contributed by atoms with Crippen LogP contribution in [0.4, 0.5) is 0 Å². The van der Waals surface area contributed by atoms with Crippen molar-refractivity contribution < 1.29 is 4.79 Å². The first kappa shape index (κ1) is 18.2. The highest BCUT2D eigenvalue weighted by Gasteiger charge is 2.21. The van der Waals surface area contributed by atoms with Crippen LogP contribution >= 0.6 is 11.3 Å². The summed E-state index contributed by atoms with van der Waals surface area (Å²) < 4.78 is 0. The molecule has 1 atom stereocenters. The molecule has 4 heteroatoms. The van der Waals surface area contributed by atoms with Crippen LogP contribution in [0.1, 0.15) is 45.4 Å². The smallest absolute Gasteiger partial charge is 0.261 e. The van der Waals surface area contributed by atoms with Crippen molar-refractivity contribution in [1.82, 2.24) is 10.2 Å². The monoisotopic (exact) mass is 356 g/mol. The van der Waals surface area contributed by atoms with Crippen LogP contribution in [0.3, 0.4) is 0 Å². The highest BCUT2D eigenvalue weighted by atomic mass is 32.1. The first-order valence-electron chi connectivity index (χ1n) is 9.29. The molecule has 3 rings (SSSR count). The lowest BCUT2D eigenvalue weighted by Crippen LogP contribution is -2.40. The zero-order valence-electron chi connectivity index (χ0n) is 15.3. The highest BCUT2D eigenvalue weighted by molar-refractivity contribution is 7.14. The van der Waals surface area contributed by atoms with Gasteiger partial charge in [0.05, 0.1) is 4.88 Å². The summed E-state index contributed by atoms with van der Waals surface area (Å²) in [6, 6.07) is 12.7. The van der Waals surface area contributed by atoms with Gasteiger partial charge in [0.1, 0.15) is 0 Å². The highest BCUT2D eigenvalue weighted by Crippen LogP contribution is 2.23. The van der Waals surface area contributed by atoms with Crippen molar-refractivity contribution in [2.75, 3.05) is 19.6 Å². The molecular weight excluding hydrogens is 328 g/mol. The van der Waals surface area contributed by atoms with Gasteiger partial charge in [0.15, 0.2) is 0 Å². The fourth-order valence-electron chi connectivity index (χ4n) is 3.61. The Bertz CT molecular complexity index is 695. The number of benzene rings is 1. The number of nitrogens with one attached hydrogen (secondary N) is 1. The molecule has 1 amide bonds. The second-order valence-electron chi connectivity index (χ2n) is 7.01. The second-order valence-corrected chi connectivity index (χ2v) is 8.15. The Hall–Kier alpha value is -1.65. The molecule has 134 valence electrons. The Balaban J connectivity index is 1.49. The number of aryl methyl sites for hydroxylation is 2. The quantitative estimate of drug-likeness (QED) is 0.839. The largest absolute Gasteiger partial charge is 0.351 e. The molecule has 1 aliphatic rings. The van der Waals surface area contributed by atoms with E-state index in [1.54, 1.807) is 11.3 Å². The third kappa shape index (κ3) is 4.93. The average Bonchev–Trinajstić information content (AvgIpc) is 3.02. The number of amides is 1. The number of hydrogen-bond acceptors (Lipinski definition) is 3. The predicted octanol–water partition coefficient (Wildman–Crippen LogP) is 4.26. The van der Waals surface area contributed by atoms with Crippen LogP contribution in [0, 0.1) is 12.8 Å². The van der Waals surface area contributed by atoms with Gasteiger partial charge in [0.25, 0.3) is 5.91 Å². The van der Waals surface area contributed by atoms with E-state index in [4.69, 9.17) is 0 Å². The summed E-state index contributed by atoms with van der Waals surface area (Å²) in [5.41, 5.74) is 2.61. The van der Waals surface area contributed by atoms with Crippen LogP contribution < -0.4 is 5.32 Å².